The molecule has 0 aliphatic carbocycles. The quantitative estimate of drug-likeness (QED) is 0.643. The van der Waals surface area contributed by atoms with Crippen molar-refractivity contribution in [1.82, 2.24) is 14.8 Å². The summed E-state index contributed by atoms with van der Waals surface area (Å²) in [5.41, 5.74) is 1.78. The molecule has 0 radical (unpaired) electrons. The molecule has 146 valence electrons. The molecule has 3 aromatic rings. The van der Waals surface area contributed by atoms with Gasteiger partial charge in [0.15, 0.2) is 11.6 Å². The highest BCUT2D eigenvalue weighted by Gasteiger charge is 2.33. The van der Waals surface area contributed by atoms with Crippen molar-refractivity contribution in [3.63, 3.8) is 0 Å². The molecule has 29 heavy (non-hydrogen) atoms. The SMILES string of the molecule is CC(=O)c1ccc(NC(=O)[C@H]2CC(=O)Nc3nc(-c4ccc(Cl)cc4)nn32)cc1. The molecule has 1 aromatic heterocycles. The molecule has 0 unspecified atom stereocenters. The van der Waals surface area contributed by atoms with Gasteiger partial charge in [0.2, 0.25) is 17.8 Å². The van der Waals surface area contributed by atoms with Crippen molar-refractivity contribution in [2.75, 3.05) is 10.6 Å². The largest absolute Gasteiger partial charge is 0.324 e. The van der Waals surface area contributed by atoms with Crippen molar-refractivity contribution >= 4 is 40.8 Å². The van der Waals surface area contributed by atoms with E-state index in [1.165, 1.54) is 11.6 Å². The van der Waals surface area contributed by atoms with E-state index in [1.54, 1.807) is 48.5 Å². The number of nitrogens with one attached hydrogen (secondary N) is 2. The van der Waals surface area contributed by atoms with Gasteiger partial charge < -0.3 is 5.32 Å². The minimum absolute atomic E-state index is 0.0613. The van der Waals surface area contributed by atoms with E-state index >= 15 is 0 Å². The molecule has 1 atom stereocenters. The summed E-state index contributed by atoms with van der Waals surface area (Å²) in [5, 5.41) is 10.4. The van der Waals surface area contributed by atoms with E-state index in [9.17, 15) is 14.4 Å². The first kappa shape index (κ1) is 18.8. The number of benzene rings is 2. The molecule has 9 heteroatoms. The van der Waals surface area contributed by atoms with Crippen molar-refractivity contribution in [3.05, 3.63) is 59.1 Å². The molecular formula is C20H16ClN5O3. The monoisotopic (exact) mass is 409 g/mol. The summed E-state index contributed by atoms with van der Waals surface area (Å²) in [7, 11) is 0. The summed E-state index contributed by atoms with van der Waals surface area (Å²) in [4.78, 5) is 40.6. The number of hydrogen-bond donors (Lipinski definition) is 2. The highest BCUT2D eigenvalue weighted by atomic mass is 35.5. The number of Topliss-reactive ketones (excluding diaryl/α,β-unsaturated/α-hetero) is 1. The van der Waals surface area contributed by atoms with Gasteiger partial charge in [0.1, 0.15) is 6.04 Å². The van der Waals surface area contributed by atoms with Crippen molar-refractivity contribution < 1.29 is 14.4 Å². The Balaban J connectivity index is 1.60. The molecular weight excluding hydrogens is 394 g/mol. The maximum Gasteiger partial charge on any atom is 0.249 e. The zero-order valence-corrected chi connectivity index (χ0v) is 16.1. The highest BCUT2D eigenvalue weighted by Crippen LogP contribution is 2.28. The number of hydrogen-bond acceptors (Lipinski definition) is 5. The molecule has 2 N–H and O–H groups in total. The molecule has 1 aliphatic rings. The first-order valence-electron chi connectivity index (χ1n) is 8.85. The van der Waals surface area contributed by atoms with Crippen LogP contribution >= 0.6 is 11.6 Å². The van der Waals surface area contributed by atoms with Crippen molar-refractivity contribution in [3.8, 4) is 11.4 Å². The molecule has 0 bridgehead atoms. The van der Waals surface area contributed by atoms with Crippen LogP contribution in [0.25, 0.3) is 11.4 Å². The summed E-state index contributed by atoms with van der Waals surface area (Å²) in [6.07, 6.45) is -0.0617. The van der Waals surface area contributed by atoms with Crippen molar-refractivity contribution in [2.24, 2.45) is 0 Å². The molecule has 1 aliphatic heterocycles. The number of rotatable bonds is 4. The Morgan fingerprint density at radius 3 is 2.48 bits per heavy atom. The Labute approximate surface area is 170 Å². The highest BCUT2D eigenvalue weighted by molar-refractivity contribution is 6.30. The zero-order chi connectivity index (χ0) is 20.5. The molecule has 2 heterocycles. The molecule has 2 amide bonds. The van der Waals surface area contributed by atoms with Crippen LogP contribution in [0.2, 0.25) is 5.02 Å². The minimum Gasteiger partial charge on any atom is -0.324 e. The van der Waals surface area contributed by atoms with Crippen LogP contribution in [-0.2, 0) is 9.59 Å². The fourth-order valence-corrected chi connectivity index (χ4v) is 3.13. The second-order valence-corrected chi connectivity index (χ2v) is 7.04. The topological polar surface area (TPSA) is 106 Å². The average molecular weight is 410 g/mol. The van der Waals surface area contributed by atoms with Crippen LogP contribution in [0.15, 0.2) is 48.5 Å². The first-order chi connectivity index (χ1) is 13.9. The summed E-state index contributed by atoms with van der Waals surface area (Å²) in [5.74, 6) is -0.196. The molecule has 2 aromatic carbocycles. The normalized spacial score (nSPS) is 15.4. The van der Waals surface area contributed by atoms with Crippen LogP contribution in [0, 0.1) is 0 Å². The van der Waals surface area contributed by atoms with Gasteiger partial charge in [0.25, 0.3) is 0 Å². The molecule has 8 nitrogen and oxygen atoms in total. The van der Waals surface area contributed by atoms with Gasteiger partial charge >= 0.3 is 0 Å². The van der Waals surface area contributed by atoms with Crippen molar-refractivity contribution in [1.29, 1.82) is 0 Å². The molecule has 4 rings (SSSR count). The number of carbonyl (C=O) groups excluding carboxylic acids is 3. The molecule has 0 fully saturated rings. The smallest absolute Gasteiger partial charge is 0.249 e. The number of fused-ring (bicyclic) bond motifs is 1. The minimum atomic E-state index is -0.847. The summed E-state index contributed by atoms with van der Waals surface area (Å²) >= 11 is 5.91. The lowest BCUT2D eigenvalue weighted by molar-refractivity contribution is -0.125. The average Bonchev–Trinajstić information content (AvgIpc) is 3.12. The van der Waals surface area contributed by atoms with Gasteiger partial charge in [-0.15, -0.1) is 5.10 Å². The molecule has 0 saturated carbocycles. The van der Waals surface area contributed by atoms with E-state index < -0.39 is 11.9 Å². The maximum absolute atomic E-state index is 12.8. The number of carbonyl (C=O) groups is 3. The summed E-state index contributed by atoms with van der Waals surface area (Å²) in [6.45, 7) is 1.47. The number of ketones is 1. The number of halogens is 1. The second kappa shape index (κ2) is 7.48. The number of amides is 2. The lowest BCUT2D eigenvalue weighted by Crippen LogP contribution is -2.36. The van der Waals surface area contributed by atoms with Crippen LogP contribution < -0.4 is 10.6 Å². The lowest BCUT2D eigenvalue weighted by Gasteiger charge is -2.22. The molecule has 0 spiro atoms. The van der Waals surface area contributed by atoms with Gasteiger partial charge in [-0.1, -0.05) is 11.6 Å². The third-order valence-electron chi connectivity index (χ3n) is 4.52. The third-order valence-corrected chi connectivity index (χ3v) is 4.77. The maximum atomic E-state index is 12.8. The Kier molecular flexibility index (Phi) is 4.85. The Bertz CT molecular complexity index is 1110. The Hall–Kier alpha value is -3.52. The van der Waals surface area contributed by atoms with Crippen LogP contribution in [0.5, 0.6) is 0 Å². The first-order valence-corrected chi connectivity index (χ1v) is 9.23. The van der Waals surface area contributed by atoms with Crippen LogP contribution in [0.1, 0.15) is 29.7 Å². The van der Waals surface area contributed by atoms with E-state index in [0.29, 0.717) is 27.7 Å². The van der Waals surface area contributed by atoms with Gasteiger partial charge in [-0.3, -0.25) is 19.7 Å². The van der Waals surface area contributed by atoms with Crippen molar-refractivity contribution in [2.45, 2.75) is 19.4 Å². The van der Waals surface area contributed by atoms with Gasteiger partial charge in [0, 0.05) is 21.8 Å². The van der Waals surface area contributed by atoms with E-state index in [0.717, 1.165) is 0 Å². The van der Waals surface area contributed by atoms with Gasteiger partial charge in [0.05, 0.1) is 6.42 Å². The standard InChI is InChI=1S/C20H16ClN5O3/c1-11(27)12-4-8-15(9-5-12)22-19(29)16-10-17(28)23-20-24-18(25-26(16)20)13-2-6-14(21)7-3-13/h2-9,16H,10H2,1H3,(H,22,29)(H,23,24,25,28)/t16-/m1/s1. The fourth-order valence-electron chi connectivity index (χ4n) is 3.00. The third kappa shape index (κ3) is 3.88. The van der Waals surface area contributed by atoms with E-state index in [-0.39, 0.29) is 24.1 Å². The number of nitrogens with zero attached hydrogens (tertiary/aromatic N) is 3. The second-order valence-electron chi connectivity index (χ2n) is 6.60. The summed E-state index contributed by atoms with van der Waals surface area (Å²) in [6, 6.07) is 12.6. The van der Waals surface area contributed by atoms with Crippen LogP contribution in [0.4, 0.5) is 11.6 Å². The number of aromatic nitrogens is 3. The van der Waals surface area contributed by atoms with Gasteiger partial charge in [-0.25, -0.2) is 4.68 Å². The lowest BCUT2D eigenvalue weighted by atomic mass is 10.1. The van der Waals surface area contributed by atoms with E-state index in [2.05, 4.69) is 20.7 Å². The molecule has 0 saturated heterocycles. The van der Waals surface area contributed by atoms with Crippen LogP contribution in [-0.4, -0.2) is 32.4 Å². The predicted molar refractivity (Wildman–Crippen MR) is 108 cm³/mol. The van der Waals surface area contributed by atoms with E-state index in [1.807, 2.05) is 0 Å². The Morgan fingerprint density at radius 2 is 1.83 bits per heavy atom. The number of anilines is 2. The van der Waals surface area contributed by atoms with Gasteiger partial charge in [-0.05, 0) is 55.5 Å². The van der Waals surface area contributed by atoms with Crippen LogP contribution in [0.3, 0.4) is 0 Å². The fraction of sp³-hybridized carbons (Fsp3) is 0.150. The van der Waals surface area contributed by atoms with E-state index in [4.69, 9.17) is 11.6 Å². The predicted octanol–water partition coefficient (Wildman–Crippen LogP) is 3.32. The van der Waals surface area contributed by atoms with Gasteiger partial charge in [-0.2, -0.15) is 4.98 Å². The Morgan fingerprint density at radius 1 is 1.14 bits per heavy atom. The zero-order valence-electron chi connectivity index (χ0n) is 15.3. The summed E-state index contributed by atoms with van der Waals surface area (Å²) < 4.78 is 1.41.